The highest BCUT2D eigenvalue weighted by Gasteiger charge is 2.35. The van der Waals surface area contributed by atoms with E-state index in [1.165, 1.54) is 12.5 Å². The monoisotopic (exact) mass is 435 g/mol. The summed E-state index contributed by atoms with van der Waals surface area (Å²) >= 11 is 0. The van der Waals surface area contributed by atoms with E-state index in [9.17, 15) is 14.4 Å². The zero-order valence-electron chi connectivity index (χ0n) is 17.4. The van der Waals surface area contributed by atoms with Crippen molar-refractivity contribution in [1.82, 2.24) is 25.1 Å². The Morgan fingerprint density at radius 2 is 1.97 bits per heavy atom. The first kappa shape index (κ1) is 22.9. The minimum Gasteiger partial charge on any atom is -0.483 e. The molecule has 170 valence electrons. The van der Waals surface area contributed by atoms with Crippen molar-refractivity contribution in [2.75, 3.05) is 39.4 Å². The molecule has 31 heavy (non-hydrogen) atoms. The fourth-order valence-corrected chi connectivity index (χ4v) is 4.46. The number of ether oxygens (including phenoxy) is 1. The van der Waals surface area contributed by atoms with Crippen molar-refractivity contribution >= 4 is 18.3 Å². The topological polar surface area (TPSA) is 145 Å². The van der Waals surface area contributed by atoms with Gasteiger partial charge in [-0.3, -0.25) is 24.1 Å². The van der Waals surface area contributed by atoms with Gasteiger partial charge in [-0.05, 0) is 25.7 Å². The molecule has 2 aliphatic heterocycles. The number of nitrogens with zero attached hydrogens (tertiary/aromatic N) is 3. The Balaban J connectivity index is 0.000000858. The average Bonchev–Trinajstić information content (AvgIpc) is 2.79. The highest BCUT2D eigenvalue weighted by molar-refractivity contribution is 5.93. The number of piperazine rings is 1. The standard InChI is InChI=1S/C19H27N5O4.CH2O2/c25-17-16(9-20-12-21-17)18(26)22-14-3-1-13(2-4-14)19(27)24-6-5-23-7-8-28-11-15(23)10-24;2-1-3/h9,12-15H,1-8,10-11H2,(H,22,26)(H,20,21,25);1H,(H,2,3). The lowest BCUT2D eigenvalue weighted by atomic mass is 9.84. The molecule has 3 fully saturated rings. The van der Waals surface area contributed by atoms with Crippen molar-refractivity contribution in [3.63, 3.8) is 0 Å². The van der Waals surface area contributed by atoms with Gasteiger partial charge < -0.3 is 25.0 Å². The van der Waals surface area contributed by atoms with E-state index in [0.717, 1.165) is 58.5 Å². The van der Waals surface area contributed by atoms with Crippen molar-refractivity contribution in [2.24, 2.45) is 5.92 Å². The number of fused-ring (bicyclic) bond motifs is 1. The summed E-state index contributed by atoms with van der Waals surface area (Å²) in [6.07, 6.45) is 5.54. The minimum atomic E-state index is -0.442. The number of carbonyl (C=O) groups excluding carboxylic acids is 2. The first-order valence-electron chi connectivity index (χ1n) is 10.6. The van der Waals surface area contributed by atoms with Gasteiger partial charge in [-0.25, -0.2) is 4.98 Å². The van der Waals surface area contributed by atoms with Crippen molar-refractivity contribution in [1.29, 1.82) is 0 Å². The van der Waals surface area contributed by atoms with E-state index in [2.05, 4.69) is 20.2 Å². The highest BCUT2D eigenvalue weighted by atomic mass is 16.5. The Morgan fingerprint density at radius 3 is 2.68 bits per heavy atom. The molecule has 3 heterocycles. The van der Waals surface area contributed by atoms with Crippen LogP contribution in [0.3, 0.4) is 0 Å². The summed E-state index contributed by atoms with van der Waals surface area (Å²) < 4.78 is 5.56. The summed E-state index contributed by atoms with van der Waals surface area (Å²) in [4.78, 5) is 55.9. The minimum absolute atomic E-state index is 0.0141. The van der Waals surface area contributed by atoms with Crippen LogP contribution in [0.1, 0.15) is 36.0 Å². The number of aromatic amines is 1. The Hall–Kier alpha value is -2.79. The first-order valence-corrected chi connectivity index (χ1v) is 10.6. The molecule has 11 heteroatoms. The number of H-pyrrole nitrogens is 1. The number of amides is 2. The second kappa shape index (κ2) is 11.0. The smallest absolute Gasteiger partial charge is 0.290 e. The lowest BCUT2D eigenvalue weighted by Crippen LogP contribution is -2.60. The highest BCUT2D eigenvalue weighted by Crippen LogP contribution is 2.27. The molecule has 1 aliphatic carbocycles. The van der Waals surface area contributed by atoms with Crippen molar-refractivity contribution < 1.29 is 24.2 Å². The molecule has 3 aliphatic rings. The van der Waals surface area contributed by atoms with Gasteiger partial charge in [-0.2, -0.15) is 0 Å². The molecule has 11 nitrogen and oxygen atoms in total. The largest absolute Gasteiger partial charge is 0.483 e. The predicted molar refractivity (Wildman–Crippen MR) is 110 cm³/mol. The second-order valence-corrected chi connectivity index (χ2v) is 7.97. The van der Waals surface area contributed by atoms with Gasteiger partial charge in [0.05, 0.1) is 25.6 Å². The van der Waals surface area contributed by atoms with Gasteiger partial charge in [0.1, 0.15) is 5.56 Å². The molecule has 1 unspecified atom stereocenters. The molecular weight excluding hydrogens is 406 g/mol. The zero-order valence-corrected chi connectivity index (χ0v) is 17.4. The summed E-state index contributed by atoms with van der Waals surface area (Å²) in [5, 5.41) is 9.79. The van der Waals surface area contributed by atoms with E-state index in [1.807, 2.05) is 4.90 Å². The van der Waals surface area contributed by atoms with Crippen LogP contribution in [0.5, 0.6) is 0 Å². The number of aromatic nitrogens is 2. The van der Waals surface area contributed by atoms with Crippen LogP contribution in [-0.4, -0.2) is 94.6 Å². The molecule has 4 rings (SSSR count). The van der Waals surface area contributed by atoms with Crippen molar-refractivity contribution in [3.05, 3.63) is 28.4 Å². The third-order valence-electron chi connectivity index (χ3n) is 6.12. The molecule has 0 radical (unpaired) electrons. The number of rotatable bonds is 3. The Morgan fingerprint density at radius 1 is 1.23 bits per heavy atom. The molecule has 1 atom stereocenters. The van der Waals surface area contributed by atoms with Gasteiger partial charge >= 0.3 is 0 Å². The summed E-state index contributed by atoms with van der Waals surface area (Å²) in [6.45, 7) is 4.65. The number of hydrogen-bond donors (Lipinski definition) is 3. The molecule has 1 saturated carbocycles. The molecule has 1 aromatic heterocycles. The van der Waals surface area contributed by atoms with E-state index in [4.69, 9.17) is 14.6 Å². The van der Waals surface area contributed by atoms with Crippen LogP contribution >= 0.6 is 0 Å². The molecular formula is C20H29N5O6. The van der Waals surface area contributed by atoms with E-state index >= 15 is 0 Å². The number of nitrogens with one attached hydrogen (secondary N) is 2. The predicted octanol–water partition coefficient (Wildman–Crippen LogP) is -0.698. The van der Waals surface area contributed by atoms with E-state index in [0.29, 0.717) is 12.6 Å². The summed E-state index contributed by atoms with van der Waals surface area (Å²) in [6, 6.07) is 0.305. The van der Waals surface area contributed by atoms with Gasteiger partial charge in [0, 0.05) is 44.3 Å². The van der Waals surface area contributed by atoms with E-state index < -0.39 is 11.5 Å². The molecule has 0 spiro atoms. The third kappa shape index (κ3) is 5.88. The van der Waals surface area contributed by atoms with Gasteiger partial charge in [0.25, 0.3) is 17.9 Å². The van der Waals surface area contributed by atoms with Crippen LogP contribution in [0.2, 0.25) is 0 Å². The van der Waals surface area contributed by atoms with Crippen LogP contribution in [0.15, 0.2) is 17.3 Å². The quantitative estimate of drug-likeness (QED) is 0.529. The zero-order chi connectivity index (χ0) is 22.2. The first-order chi connectivity index (χ1) is 15.0. The molecule has 3 N–H and O–H groups in total. The summed E-state index contributed by atoms with van der Waals surface area (Å²) in [5.41, 5.74) is -0.421. The van der Waals surface area contributed by atoms with Crippen LogP contribution in [-0.2, 0) is 14.3 Å². The maximum absolute atomic E-state index is 12.9. The van der Waals surface area contributed by atoms with Gasteiger partial charge in [0.2, 0.25) is 5.91 Å². The Labute approximate surface area is 179 Å². The SMILES string of the molecule is O=C(NC1CCC(C(=O)N2CCN3CCOCC3C2)CC1)c1cnc[nH]c1=O.O=CO. The average molecular weight is 435 g/mol. The van der Waals surface area contributed by atoms with Crippen LogP contribution in [0.4, 0.5) is 0 Å². The number of carbonyl (C=O) groups is 3. The van der Waals surface area contributed by atoms with Crippen LogP contribution in [0.25, 0.3) is 0 Å². The number of carboxylic acid groups (broad SMARTS) is 1. The Kier molecular flexibility index (Phi) is 8.13. The molecule has 2 amide bonds. The number of morpholine rings is 1. The van der Waals surface area contributed by atoms with Crippen molar-refractivity contribution in [2.45, 2.75) is 37.8 Å². The second-order valence-electron chi connectivity index (χ2n) is 7.97. The lowest BCUT2D eigenvalue weighted by Gasteiger charge is -2.44. The van der Waals surface area contributed by atoms with Gasteiger partial charge in [-0.1, -0.05) is 0 Å². The Bertz CT molecular complexity index is 822. The summed E-state index contributed by atoms with van der Waals surface area (Å²) in [7, 11) is 0. The maximum Gasteiger partial charge on any atom is 0.290 e. The lowest BCUT2D eigenvalue weighted by molar-refractivity contribution is -0.142. The fourth-order valence-electron chi connectivity index (χ4n) is 4.46. The normalized spacial score (nSPS) is 26.1. The van der Waals surface area contributed by atoms with Gasteiger partial charge in [-0.15, -0.1) is 0 Å². The van der Waals surface area contributed by atoms with Crippen molar-refractivity contribution in [3.8, 4) is 0 Å². The molecule has 1 aromatic rings. The van der Waals surface area contributed by atoms with E-state index in [1.54, 1.807) is 0 Å². The fraction of sp³-hybridized carbons (Fsp3) is 0.650. The van der Waals surface area contributed by atoms with E-state index in [-0.39, 0.29) is 29.9 Å². The molecule has 0 aromatic carbocycles. The number of hydrogen-bond acceptors (Lipinski definition) is 7. The van der Waals surface area contributed by atoms with Crippen LogP contribution in [0, 0.1) is 5.92 Å². The third-order valence-corrected chi connectivity index (χ3v) is 6.12. The summed E-state index contributed by atoms with van der Waals surface area (Å²) in [5.74, 6) is -0.151. The van der Waals surface area contributed by atoms with Gasteiger partial charge in [0.15, 0.2) is 0 Å². The van der Waals surface area contributed by atoms with Crippen LogP contribution < -0.4 is 10.9 Å². The molecule has 2 saturated heterocycles. The maximum atomic E-state index is 12.9. The molecule has 0 bridgehead atoms.